The van der Waals surface area contributed by atoms with Crippen LogP contribution in [-0.4, -0.2) is 27.9 Å². The van der Waals surface area contributed by atoms with Gasteiger partial charge in [0.05, 0.1) is 5.75 Å². The summed E-state index contributed by atoms with van der Waals surface area (Å²) in [5.41, 5.74) is 0. The van der Waals surface area contributed by atoms with Crippen LogP contribution in [0.3, 0.4) is 0 Å². The highest BCUT2D eigenvalue weighted by Gasteiger charge is 2.20. The first-order valence-corrected chi connectivity index (χ1v) is 12.3. The van der Waals surface area contributed by atoms with E-state index in [0.29, 0.717) is 19.4 Å². The zero-order valence-corrected chi connectivity index (χ0v) is 18.9. The molecule has 0 amide bonds. The lowest BCUT2D eigenvalue weighted by molar-refractivity contribution is -0.784. The van der Waals surface area contributed by atoms with Crippen LogP contribution < -0.4 is 9.13 Å². The monoisotopic (exact) mass is 436 g/mol. The molecule has 30 heavy (non-hydrogen) atoms. The third-order valence-corrected chi connectivity index (χ3v) is 6.02. The fourth-order valence-corrected chi connectivity index (χ4v) is 4.28. The van der Waals surface area contributed by atoms with E-state index in [9.17, 15) is 8.42 Å². The summed E-state index contributed by atoms with van der Waals surface area (Å²) < 4.78 is 39.8. The predicted molar refractivity (Wildman–Crippen MR) is 118 cm³/mol. The van der Waals surface area contributed by atoms with Gasteiger partial charge in [-0.15, -0.1) is 0 Å². The summed E-state index contributed by atoms with van der Waals surface area (Å²) >= 11 is 0. The van der Waals surface area contributed by atoms with E-state index in [4.69, 9.17) is 4.55 Å². The fraction of sp³-hybridized carbons (Fsp3) is 0.545. The highest BCUT2D eigenvalue weighted by atomic mass is 32.2. The second-order valence-electron chi connectivity index (χ2n) is 7.54. The molecule has 0 radical (unpaired) electrons. The Hall–Kier alpha value is -2.19. The summed E-state index contributed by atoms with van der Waals surface area (Å²) in [6.07, 6.45) is 17.4. The van der Waals surface area contributed by atoms with Crippen LogP contribution in [0, 0.1) is 0 Å². The molecule has 7 nitrogen and oxygen atoms in total. The highest BCUT2D eigenvalue weighted by molar-refractivity contribution is 7.85. The zero-order chi connectivity index (χ0) is 22.0. The van der Waals surface area contributed by atoms with Crippen LogP contribution in [0.1, 0.15) is 44.3 Å². The van der Waals surface area contributed by atoms with E-state index >= 15 is 0 Å². The van der Waals surface area contributed by atoms with Crippen molar-refractivity contribution in [2.24, 2.45) is 0 Å². The van der Waals surface area contributed by atoms with Crippen LogP contribution in [0.25, 0.3) is 0 Å². The van der Waals surface area contributed by atoms with E-state index in [1.54, 1.807) is 0 Å². The average Bonchev–Trinajstić information content (AvgIpc) is 3.25. The van der Waals surface area contributed by atoms with E-state index in [2.05, 4.69) is 56.9 Å². The van der Waals surface area contributed by atoms with Crippen LogP contribution >= 0.6 is 0 Å². The quantitative estimate of drug-likeness (QED) is 0.202. The van der Waals surface area contributed by atoms with E-state index < -0.39 is 10.1 Å². The molecule has 2 heterocycles. The maximum Gasteiger partial charge on any atom is 0.264 e. The fourth-order valence-electron chi connectivity index (χ4n) is 3.71. The molecule has 0 aliphatic carbocycles. The van der Waals surface area contributed by atoms with Crippen LogP contribution in [0.15, 0.2) is 50.1 Å². The molecule has 1 N–H and O–H groups in total. The van der Waals surface area contributed by atoms with Gasteiger partial charge in [0.2, 0.25) is 0 Å². The Kier molecular flexibility index (Phi) is 9.52. The number of aromatic nitrogens is 4. The summed E-state index contributed by atoms with van der Waals surface area (Å²) in [5.74, 6) is 2.27. The van der Waals surface area contributed by atoms with Gasteiger partial charge >= 0.3 is 0 Å². The Morgan fingerprint density at radius 3 is 1.87 bits per heavy atom. The Morgan fingerprint density at radius 1 is 0.933 bits per heavy atom. The van der Waals surface area contributed by atoms with Crippen molar-refractivity contribution in [2.45, 2.75) is 71.6 Å². The van der Waals surface area contributed by atoms with E-state index in [1.807, 2.05) is 18.3 Å². The summed E-state index contributed by atoms with van der Waals surface area (Å²) in [5, 5.41) is 0. The molecule has 0 atom stereocenters. The molecule has 0 spiro atoms. The lowest BCUT2D eigenvalue weighted by Crippen LogP contribution is -2.47. The largest absolute Gasteiger partial charge is 0.286 e. The van der Waals surface area contributed by atoms with Gasteiger partial charge in [0.15, 0.2) is 0 Å². The second kappa shape index (κ2) is 11.9. The Labute approximate surface area is 180 Å². The third kappa shape index (κ3) is 7.25. The van der Waals surface area contributed by atoms with Crippen LogP contribution in [-0.2, 0) is 49.1 Å². The SMILES string of the molecule is C=CCn1cc[n+](CC[n+]2ccn(CC=C)c2CCCCS(=O)(=O)O)c1CCCC. The number of hydrogen-bond acceptors (Lipinski definition) is 2. The van der Waals surface area contributed by atoms with Crippen LogP contribution in [0.4, 0.5) is 0 Å². The molecule has 2 aromatic rings. The Bertz CT molecular complexity index is 928. The van der Waals surface area contributed by atoms with E-state index in [1.165, 1.54) is 5.82 Å². The molecule has 2 aromatic heterocycles. The summed E-state index contributed by atoms with van der Waals surface area (Å²) in [6, 6.07) is 0. The van der Waals surface area contributed by atoms with Crippen molar-refractivity contribution >= 4 is 10.1 Å². The Morgan fingerprint density at radius 2 is 1.43 bits per heavy atom. The topological polar surface area (TPSA) is 72.0 Å². The van der Waals surface area contributed by atoms with Crippen molar-refractivity contribution in [3.05, 3.63) is 61.7 Å². The minimum atomic E-state index is -3.90. The standard InChI is InChI=1S/C22H35N4O3S/c1-4-7-10-21-23(12-5-2)14-16-25(21)18-19-26-17-15-24(13-6-3)22(26)11-8-9-20-30(27,28)29/h5-6,14-17H,2-4,7-13,18-20H2,1H3/q+1/p+1. The van der Waals surface area contributed by atoms with Crippen molar-refractivity contribution < 1.29 is 22.1 Å². The molecule has 166 valence electrons. The van der Waals surface area contributed by atoms with Crippen LogP contribution in [0.2, 0.25) is 0 Å². The molecule has 0 aliphatic rings. The molecule has 8 heteroatoms. The van der Waals surface area contributed by atoms with Gasteiger partial charge in [-0.1, -0.05) is 38.7 Å². The molecule has 0 aliphatic heterocycles. The predicted octanol–water partition coefficient (Wildman–Crippen LogP) is 2.49. The van der Waals surface area contributed by atoms with Crippen molar-refractivity contribution in [1.29, 1.82) is 0 Å². The maximum absolute atomic E-state index is 11.0. The number of unbranched alkanes of at least 4 members (excludes halogenated alkanes) is 2. The molecule has 0 saturated heterocycles. The molecule has 0 aromatic carbocycles. The van der Waals surface area contributed by atoms with Crippen molar-refractivity contribution in [3.8, 4) is 0 Å². The first kappa shape index (κ1) is 24.1. The van der Waals surface area contributed by atoms with Gasteiger partial charge in [-0.25, -0.2) is 18.3 Å². The first-order valence-electron chi connectivity index (χ1n) is 10.7. The number of imidazole rings is 2. The van der Waals surface area contributed by atoms with Crippen LogP contribution in [0.5, 0.6) is 0 Å². The minimum Gasteiger partial charge on any atom is -0.286 e. The number of allylic oxidation sites excluding steroid dienone is 2. The highest BCUT2D eigenvalue weighted by Crippen LogP contribution is 2.06. The van der Waals surface area contributed by atoms with Gasteiger partial charge in [0.25, 0.3) is 21.8 Å². The smallest absolute Gasteiger partial charge is 0.264 e. The van der Waals surface area contributed by atoms with Gasteiger partial charge in [0, 0.05) is 12.8 Å². The van der Waals surface area contributed by atoms with E-state index in [-0.39, 0.29) is 5.75 Å². The average molecular weight is 437 g/mol. The minimum absolute atomic E-state index is 0.192. The van der Waals surface area contributed by atoms with Gasteiger partial charge in [0.1, 0.15) is 51.0 Å². The third-order valence-electron chi connectivity index (χ3n) is 5.22. The lowest BCUT2D eigenvalue weighted by Gasteiger charge is -2.06. The summed E-state index contributed by atoms with van der Waals surface area (Å²) in [4.78, 5) is 0. The first-order chi connectivity index (χ1) is 14.4. The van der Waals surface area contributed by atoms with Gasteiger partial charge in [-0.05, 0) is 19.3 Å². The Balaban J connectivity index is 2.10. The maximum atomic E-state index is 11.0. The molecule has 0 bridgehead atoms. The van der Waals surface area contributed by atoms with Gasteiger partial charge in [-0.2, -0.15) is 8.42 Å². The van der Waals surface area contributed by atoms with Crippen molar-refractivity contribution in [1.82, 2.24) is 9.13 Å². The number of aryl methyl sites for hydroxylation is 2. The lowest BCUT2D eigenvalue weighted by atomic mass is 10.2. The number of rotatable bonds is 15. The zero-order valence-electron chi connectivity index (χ0n) is 18.1. The summed E-state index contributed by atoms with van der Waals surface area (Å²) in [7, 11) is -3.90. The normalized spacial score (nSPS) is 11.7. The molecule has 0 fully saturated rings. The molecular weight excluding hydrogens is 400 g/mol. The molecule has 0 saturated carbocycles. The molecular formula is C22H36N4O3S+2. The number of nitrogens with zero attached hydrogens (tertiary/aromatic N) is 4. The van der Waals surface area contributed by atoms with Gasteiger partial charge < -0.3 is 0 Å². The van der Waals surface area contributed by atoms with Gasteiger partial charge in [-0.3, -0.25) is 4.55 Å². The van der Waals surface area contributed by atoms with E-state index in [0.717, 1.165) is 51.1 Å². The molecule has 0 unspecified atom stereocenters. The second-order valence-corrected chi connectivity index (χ2v) is 9.12. The van der Waals surface area contributed by atoms with Crippen molar-refractivity contribution in [3.63, 3.8) is 0 Å². The molecule has 2 rings (SSSR count). The summed E-state index contributed by atoms with van der Waals surface area (Å²) in [6.45, 7) is 13.1. The van der Waals surface area contributed by atoms with Crippen molar-refractivity contribution in [2.75, 3.05) is 5.75 Å². The number of hydrogen-bond donors (Lipinski definition) is 1.